The van der Waals surface area contributed by atoms with Crippen LogP contribution in [0, 0.1) is 6.92 Å². The van der Waals surface area contributed by atoms with E-state index in [1.54, 1.807) is 18.4 Å². The fourth-order valence-corrected chi connectivity index (χ4v) is 4.00. The number of furan rings is 1. The zero-order chi connectivity index (χ0) is 20.2. The number of carbonyl (C=O) groups is 1. The van der Waals surface area contributed by atoms with Gasteiger partial charge >= 0.3 is 0 Å². The summed E-state index contributed by atoms with van der Waals surface area (Å²) in [5, 5.41) is 6.25. The third kappa shape index (κ3) is 4.38. The molecule has 0 saturated carbocycles. The van der Waals surface area contributed by atoms with Crippen molar-refractivity contribution in [2.45, 2.75) is 24.3 Å². The summed E-state index contributed by atoms with van der Waals surface area (Å²) in [5.74, 6) is 1.80. The zero-order valence-corrected chi connectivity index (χ0v) is 17.2. The molecule has 0 bridgehead atoms. The van der Waals surface area contributed by atoms with Gasteiger partial charge in [0, 0.05) is 11.3 Å². The lowest BCUT2D eigenvalue weighted by Gasteiger charge is -2.19. The second-order valence-corrected chi connectivity index (χ2v) is 7.90. The number of amides is 1. The molecule has 0 fully saturated rings. The Hall–Kier alpha value is -2.99. The zero-order valence-electron chi connectivity index (χ0n) is 16.4. The van der Waals surface area contributed by atoms with Gasteiger partial charge in [0.15, 0.2) is 0 Å². The first kappa shape index (κ1) is 19.3. The number of thioether (sulfide) groups is 1. The van der Waals surface area contributed by atoms with E-state index in [9.17, 15) is 4.79 Å². The number of hydrogen-bond donors (Lipinski definition) is 0. The van der Waals surface area contributed by atoms with Gasteiger partial charge in [0.2, 0.25) is 0 Å². The average Bonchev–Trinajstić information content (AvgIpc) is 3.43. The molecule has 3 aromatic rings. The predicted octanol–water partition coefficient (Wildman–Crippen LogP) is 5.07. The van der Waals surface area contributed by atoms with Gasteiger partial charge in [0.25, 0.3) is 5.91 Å². The minimum absolute atomic E-state index is 0.0469. The van der Waals surface area contributed by atoms with Crippen LogP contribution in [0.2, 0.25) is 0 Å². The van der Waals surface area contributed by atoms with E-state index in [0.29, 0.717) is 12.2 Å². The van der Waals surface area contributed by atoms with Gasteiger partial charge in [-0.2, -0.15) is 5.10 Å². The molecule has 1 amide bonds. The van der Waals surface area contributed by atoms with E-state index >= 15 is 0 Å². The van der Waals surface area contributed by atoms with Crippen molar-refractivity contribution in [2.24, 2.45) is 5.10 Å². The van der Waals surface area contributed by atoms with Crippen LogP contribution in [0.15, 0.2) is 81.3 Å². The van der Waals surface area contributed by atoms with Crippen molar-refractivity contribution in [1.82, 2.24) is 5.01 Å². The molecule has 4 rings (SSSR count). The number of aryl methyl sites for hydroxylation is 1. The summed E-state index contributed by atoms with van der Waals surface area (Å²) in [6.45, 7) is 2.05. The summed E-state index contributed by atoms with van der Waals surface area (Å²) in [6.07, 6.45) is 2.27. The quantitative estimate of drug-likeness (QED) is 0.537. The summed E-state index contributed by atoms with van der Waals surface area (Å²) in [4.78, 5) is 14.0. The number of benzene rings is 2. The van der Waals surface area contributed by atoms with Crippen LogP contribution in [0.3, 0.4) is 0 Å². The first-order chi connectivity index (χ1) is 14.1. The Morgan fingerprint density at radius 2 is 1.93 bits per heavy atom. The molecule has 0 spiro atoms. The molecule has 1 atom stereocenters. The smallest absolute Gasteiger partial charge is 0.253 e. The van der Waals surface area contributed by atoms with Crippen molar-refractivity contribution in [1.29, 1.82) is 0 Å². The molecule has 1 aromatic heterocycles. The lowest BCUT2D eigenvalue weighted by atomic mass is 10.0. The Labute approximate surface area is 174 Å². The molecule has 2 heterocycles. The van der Waals surface area contributed by atoms with E-state index < -0.39 is 0 Å². The Morgan fingerprint density at radius 1 is 1.17 bits per heavy atom. The molecule has 0 radical (unpaired) electrons. The van der Waals surface area contributed by atoms with Crippen LogP contribution in [-0.4, -0.2) is 29.5 Å². The van der Waals surface area contributed by atoms with Crippen LogP contribution in [0.25, 0.3) is 0 Å². The summed E-state index contributed by atoms with van der Waals surface area (Å²) >= 11 is 1.49. The third-order valence-electron chi connectivity index (χ3n) is 4.84. The molecule has 0 saturated heterocycles. The molecular weight excluding hydrogens is 384 g/mol. The Bertz CT molecular complexity index is 996. The molecule has 5 nitrogen and oxygen atoms in total. The molecule has 6 heteroatoms. The summed E-state index contributed by atoms with van der Waals surface area (Å²) in [5.41, 5.74) is 3.12. The number of rotatable bonds is 6. The highest BCUT2D eigenvalue weighted by atomic mass is 32.2. The summed E-state index contributed by atoms with van der Waals surface area (Å²) < 4.78 is 10.8. The standard InChI is InChI=1S/C23H22N2O3S/c1-16-5-7-17(8-6-16)20-14-21(22-4-3-13-28-22)25(24-20)23(26)15-29-19-11-9-18(27-2)10-12-19/h3-13,21H,14-15H2,1-2H3. The van der Waals surface area contributed by atoms with Crippen LogP contribution in [-0.2, 0) is 4.79 Å². The summed E-state index contributed by atoms with van der Waals surface area (Å²) in [6, 6.07) is 19.4. The van der Waals surface area contributed by atoms with Gasteiger partial charge in [-0.05, 0) is 48.9 Å². The fourth-order valence-electron chi connectivity index (χ4n) is 3.25. The van der Waals surface area contributed by atoms with E-state index in [1.165, 1.54) is 17.3 Å². The van der Waals surface area contributed by atoms with E-state index in [4.69, 9.17) is 9.15 Å². The summed E-state index contributed by atoms with van der Waals surface area (Å²) in [7, 11) is 1.64. The molecule has 29 heavy (non-hydrogen) atoms. The molecule has 1 aliphatic heterocycles. The number of hydrazone groups is 1. The highest BCUT2D eigenvalue weighted by Gasteiger charge is 2.34. The van der Waals surface area contributed by atoms with Crippen molar-refractivity contribution in [2.75, 3.05) is 12.9 Å². The maximum absolute atomic E-state index is 13.0. The van der Waals surface area contributed by atoms with Crippen molar-refractivity contribution >= 4 is 23.4 Å². The van der Waals surface area contributed by atoms with Crippen LogP contribution < -0.4 is 4.74 Å². The predicted molar refractivity (Wildman–Crippen MR) is 114 cm³/mol. The van der Waals surface area contributed by atoms with E-state index in [1.807, 2.05) is 48.5 Å². The van der Waals surface area contributed by atoms with Gasteiger partial charge in [-0.15, -0.1) is 11.8 Å². The molecule has 0 N–H and O–H groups in total. The van der Waals surface area contributed by atoms with Crippen LogP contribution >= 0.6 is 11.8 Å². The number of hydrogen-bond acceptors (Lipinski definition) is 5. The Kier molecular flexibility index (Phi) is 5.71. The van der Waals surface area contributed by atoms with Gasteiger partial charge in [-0.25, -0.2) is 5.01 Å². The van der Waals surface area contributed by atoms with Gasteiger partial charge in [0.1, 0.15) is 17.6 Å². The topological polar surface area (TPSA) is 55.0 Å². The molecule has 148 valence electrons. The normalized spacial score (nSPS) is 16.0. The molecule has 1 aliphatic rings. The highest BCUT2D eigenvalue weighted by molar-refractivity contribution is 8.00. The van der Waals surface area contributed by atoms with Crippen LogP contribution in [0.1, 0.15) is 29.3 Å². The number of nitrogens with zero attached hydrogens (tertiary/aromatic N) is 2. The van der Waals surface area contributed by atoms with Gasteiger partial charge < -0.3 is 9.15 Å². The number of ether oxygens (including phenoxy) is 1. The van der Waals surface area contributed by atoms with Crippen molar-refractivity contribution in [3.63, 3.8) is 0 Å². The molecule has 0 aliphatic carbocycles. The Morgan fingerprint density at radius 3 is 2.59 bits per heavy atom. The fraction of sp³-hybridized carbons (Fsp3) is 0.217. The lowest BCUT2D eigenvalue weighted by molar-refractivity contribution is -0.130. The van der Waals surface area contributed by atoms with Crippen LogP contribution in [0.4, 0.5) is 0 Å². The van der Waals surface area contributed by atoms with Gasteiger partial charge in [-0.3, -0.25) is 4.79 Å². The highest BCUT2D eigenvalue weighted by Crippen LogP contribution is 2.34. The van der Waals surface area contributed by atoms with Gasteiger partial charge in [-0.1, -0.05) is 29.8 Å². The van der Waals surface area contributed by atoms with Crippen molar-refractivity contribution in [3.8, 4) is 5.75 Å². The minimum atomic E-state index is -0.217. The van der Waals surface area contributed by atoms with Crippen LogP contribution in [0.5, 0.6) is 5.75 Å². The largest absolute Gasteiger partial charge is 0.497 e. The average molecular weight is 407 g/mol. The third-order valence-corrected chi connectivity index (χ3v) is 5.84. The first-order valence-electron chi connectivity index (χ1n) is 9.41. The molecule has 1 unspecified atom stereocenters. The maximum Gasteiger partial charge on any atom is 0.253 e. The SMILES string of the molecule is COc1ccc(SCC(=O)N2N=C(c3ccc(C)cc3)CC2c2ccco2)cc1. The minimum Gasteiger partial charge on any atom is -0.497 e. The second-order valence-electron chi connectivity index (χ2n) is 6.85. The Balaban J connectivity index is 1.52. The molecular formula is C23H22N2O3S. The first-order valence-corrected chi connectivity index (χ1v) is 10.4. The lowest BCUT2D eigenvalue weighted by Crippen LogP contribution is -2.28. The van der Waals surface area contributed by atoms with Crippen molar-refractivity contribution in [3.05, 3.63) is 83.8 Å². The maximum atomic E-state index is 13.0. The van der Waals surface area contributed by atoms with E-state index in [-0.39, 0.29) is 11.9 Å². The monoisotopic (exact) mass is 406 g/mol. The van der Waals surface area contributed by atoms with E-state index in [0.717, 1.165) is 27.7 Å². The second kappa shape index (κ2) is 8.57. The van der Waals surface area contributed by atoms with Gasteiger partial charge in [0.05, 0.1) is 24.8 Å². The van der Waals surface area contributed by atoms with Crippen molar-refractivity contribution < 1.29 is 13.9 Å². The number of carbonyl (C=O) groups excluding carboxylic acids is 1. The number of methoxy groups -OCH3 is 1. The van der Waals surface area contributed by atoms with E-state index in [2.05, 4.69) is 24.2 Å². The molecule has 2 aromatic carbocycles.